The first kappa shape index (κ1) is 20.4. The third-order valence-corrected chi connectivity index (χ3v) is 5.55. The van der Waals surface area contributed by atoms with Gasteiger partial charge < -0.3 is 10.1 Å². The average Bonchev–Trinajstić information content (AvgIpc) is 3.11. The Balaban J connectivity index is 1.37. The molecule has 30 heavy (non-hydrogen) atoms. The van der Waals surface area contributed by atoms with Crippen molar-refractivity contribution in [2.75, 3.05) is 11.9 Å². The Morgan fingerprint density at radius 1 is 1.07 bits per heavy atom. The molecule has 0 amide bonds. The molecule has 0 saturated heterocycles. The van der Waals surface area contributed by atoms with E-state index in [1.165, 1.54) is 17.7 Å². The lowest BCUT2D eigenvalue weighted by Gasteiger charge is -2.10. The van der Waals surface area contributed by atoms with Gasteiger partial charge in [0, 0.05) is 24.2 Å². The standard InChI is InChI=1S/C20H14ClF3N4OS/c21-15-10-30-19-17(15)18(27-11-28-19)26-7-5-12-1-3-14(4-2-12)29-16-9-13(6-8-25-16)20(22,23)24/h1-4,6,8-11H,5,7H2,(H,26,27,28). The molecule has 0 spiro atoms. The molecule has 0 unspecified atom stereocenters. The highest BCUT2D eigenvalue weighted by Crippen LogP contribution is 2.33. The van der Waals surface area contributed by atoms with Crippen LogP contribution in [0.3, 0.4) is 0 Å². The van der Waals surface area contributed by atoms with E-state index in [4.69, 9.17) is 16.3 Å². The Bertz CT molecular complexity index is 1160. The van der Waals surface area contributed by atoms with Gasteiger partial charge in [-0.05, 0) is 30.2 Å². The van der Waals surface area contributed by atoms with Gasteiger partial charge in [-0.1, -0.05) is 23.7 Å². The first-order valence-electron chi connectivity index (χ1n) is 8.82. The molecule has 0 aliphatic heterocycles. The Labute approximate surface area is 178 Å². The number of hydrogen-bond donors (Lipinski definition) is 1. The van der Waals surface area contributed by atoms with Crippen molar-refractivity contribution in [3.63, 3.8) is 0 Å². The first-order valence-corrected chi connectivity index (χ1v) is 10.1. The fourth-order valence-electron chi connectivity index (χ4n) is 2.79. The number of hydrogen-bond acceptors (Lipinski definition) is 6. The van der Waals surface area contributed by atoms with Crippen LogP contribution in [-0.2, 0) is 12.6 Å². The molecule has 0 atom stereocenters. The summed E-state index contributed by atoms with van der Waals surface area (Å²) in [7, 11) is 0. The minimum absolute atomic E-state index is 0.111. The molecule has 4 rings (SSSR count). The molecule has 3 heterocycles. The van der Waals surface area contributed by atoms with Crippen molar-refractivity contribution in [1.82, 2.24) is 15.0 Å². The second-order valence-electron chi connectivity index (χ2n) is 6.29. The van der Waals surface area contributed by atoms with Crippen molar-refractivity contribution in [1.29, 1.82) is 0 Å². The van der Waals surface area contributed by atoms with Gasteiger partial charge in [0.2, 0.25) is 5.88 Å². The molecule has 3 aromatic heterocycles. The Hall–Kier alpha value is -2.91. The van der Waals surface area contributed by atoms with E-state index in [9.17, 15) is 13.2 Å². The highest BCUT2D eigenvalue weighted by molar-refractivity contribution is 7.17. The summed E-state index contributed by atoms with van der Waals surface area (Å²) in [5.41, 5.74) is 0.216. The summed E-state index contributed by atoms with van der Waals surface area (Å²) in [6.07, 6.45) is -1.18. The van der Waals surface area contributed by atoms with Crippen molar-refractivity contribution in [3.8, 4) is 11.6 Å². The molecule has 0 saturated carbocycles. The molecule has 1 N–H and O–H groups in total. The van der Waals surface area contributed by atoms with Gasteiger partial charge in [0.25, 0.3) is 0 Å². The maximum Gasteiger partial charge on any atom is 0.416 e. The van der Waals surface area contributed by atoms with Gasteiger partial charge in [-0.25, -0.2) is 15.0 Å². The summed E-state index contributed by atoms with van der Waals surface area (Å²) >= 11 is 7.66. The molecule has 0 radical (unpaired) electrons. The van der Waals surface area contributed by atoms with E-state index in [0.717, 1.165) is 34.1 Å². The fourth-order valence-corrected chi connectivity index (χ4v) is 3.92. The monoisotopic (exact) mass is 450 g/mol. The zero-order valence-corrected chi connectivity index (χ0v) is 16.9. The van der Waals surface area contributed by atoms with E-state index in [2.05, 4.69) is 20.3 Å². The lowest BCUT2D eigenvalue weighted by Crippen LogP contribution is -2.07. The van der Waals surface area contributed by atoms with E-state index >= 15 is 0 Å². The normalized spacial score (nSPS) is 11.6. The second kappa shape index (κ2) is 8.45. The topological polar surface area (TPSA) is 59.9 Å². The first-order chi connectivity index (χ1) is 14.4. The minimum Gasteiger partial charge on any atom is -0.439 e. The lowest BCUT2D eigenvalue weighted by molar-refractivity contribution is -0.137. The van der Waals surface area contributed by atoms with Crippen LogP contribution >= 0.6 is 22.9 Å². The van der Waals surface area contributed by atoms with Crippen LogP contribution in [-0.4, -0.2) is 21.5 Å². The minimum atomic E-state index is -4.44. The number of halogens is 4. The third-order valence-electron chi connectivity index (χ3n) is 4.24. The molecule has 4 aromatic rings. The molecule has 10 heteroatoms. The number of rotatable bonds is 6. The van der Waals surface area contributed by atoms with Crippen LogP contribution in [0.2, 0.25) is 5.02 Å². The van der Waals surface area contributed by atoms with Crippen LogP contribution < -0.4 is 10.1 Å². The van der Waals surface area contributed by atoms with Crippen molar-refractivity contribution in [2.45, 2.75) is 12.6 Å². The predicted molar refractivity (Wildman–Crippen MR) is 110 cm³/mol. The van der Waals surface area contributed by atoms with Gasteiger partial charge in [-0.2, -0.15) is 13.2 Å². The van der Waals surface area contributed by atoms with Crippen LogP contribution in [0, 0.1) is 0 Å². The molecule has 0 aliphatic carbocycles. The van der Waals surface area contributed by atoms with Crippen molar-refractivity contribution < 1.29 is 17.9 Å². The summed E-state index contributed by atoms with van der Waals surface area (Å²) in [4.78, 5) is 13.1. The number of fused-ring (bicyclic) bond motifs is 1. The fraction of sp³-hybridized carbons (Fsp3) is 0.150. The number of thiophene rings is 1. The highest BCUT2D eigenvalue weighted by atomic mass is 35.5. The van der Waals surface area contributed by atoms with Crippen molar-refractivity contribution >= 4 is 39.0 Å². The summed E-state index contributed by atoms with van der Waals surface area (Å²) in [6.45, 7) is 0.619. The molecule has 154 valence electrons. The van der Waals surface area contributed by atoms with Gasteiger partial charge in [0.1, 0.15) is 22.7 Å². The predicted octanol–water partition coefficient (Wildman–Crippen LogP) is 6.21. The number of nitrogens with one attached hydrogen (secondary N) is 1. The highest BCUT2D eigenvalue weighted by Gasteiger charge is 2.31. The van der Waals surface area contributed by atoms with Gasteiger partial charge in [0.05, 0.1) is 16.0 Å². The molecular weight excluding hydrogens is 437 g/mol. The number of ether oxygens (including phenoxy) is 1. The van der Waals surface area contributed by atoms with Gasteiger partial charge in [-0.15, -0.1) is 11.3 Å². The number of pyridine rings is 1. The van der Waals surface area contributed by atoms with Gasteiger partial charge >= 0.3 is 6.18 Å². The zero-order valence-electron chi connectivity index (χ0n) is 15.3. The Kier molecular flexibility index (Phi) is 5.74. The van der Waals surface area contributed by atoms with E-state index in [1.807, 2.05) is 17.5 Å². The lowest BCUT2D eigenvalue weighted by atomic mass is 10.1. The largest absolute Gasteiger partial charge is 0.439 e. The number of anilines is 1. The van der Waals surface area contributed by atoms with Crippen LogP contribution in [0.15, 0.2) is 54.3 Å². The second-order valence-corrected chi connectivity index (χ2v) is 7.55. The quantitative estimate of drug-likeness (QED) is 0.378. The molecule has 5 nitrogen and oxygen atoms in total. The molecular formula is C20H14ClF3N4OS. The van der Waals surface area contributed by atoms with Crippen molar-refractivity contribution in [3.05, 3.63) is 70.5 Å². The van der Waals surface area contributed by atoms with Crippen LogP contribution in [0.25, 0.3) is 10.2 Å². The molecule has 0 aliphatic rings. The number of benzene rings is 1. The maximum absolute atomic E-state index is 12.8. The summed E-state index contributed by atoms with van der Waals surface area (Å²) < 4.78 is 43.8. The van der Waals surface area contributed by atoms with Gasteiger partial charge in [0.15, 0.2) is 0 Å². The SMILES string of the molecule is FC(F)(F)c1ccnc(Oc2ccc(CCNc3ncnc4scc(Cl)c34)cc2)c1. The summed E-state index contributed by atoms with van der Waals surface area (Å²) in [5, 5.41) is 6.51. The maximum atomic E-state index is 12.8. The van der Waals surface area contributed by atoms with Crippen LogP contribution in [0.4, 0.5) is 19.0 Å². The van der Waals surface area contributed by atoms with E-state index in [-0.39, 0.29) is 5.88 Å². The van der Waals surface area contributed by atoms with Crippen LogP contribution in [0.5, 0.6) is 11.6 Å². The molecule has 0 bridgehead atoms. The van der Waals surface area contributed by atoms with Gasteiger partial charge in [-0.3, -0.25) is 0 Å². The number of alkyl halides is 3. The average molecular weight is 451 g/mol. The smallest absolute Gasteiger partial charge is 0.416 e. The zero-order chi connectivity index (χ0) is 21.1. The van der Waals surface area contributed by atoms with E-state index < -0.39 is 11.7 Å². The molecule has 0 fully saturated rings. The summed E-state index contributed by atoms with van der Waals surface area (Å²) in [6, 6.07) is 8.84. The Morgan fingerprint density at radius 2 is 1.87 bits per heavy atom. The van der Waals surface area contributed by atoms with Crippen molar-refractivity contribution in [2.24, 2.45) is 0 Å². The number of nitrogens with zero attached hydrogens (tertiary/aromatic N) is 3. The molecule has 1 aromatic carbocycles. The number of aromatic nitrogens is 3. The Morgan fingerprint density at radius 3 is 2.63 bits per heavy atom. The summed E-state index contributed by atoms with van der Waals surface area (Å²) in [5.74, 6) is 0.975. The van der Waals surface area contributed by atoms with Crippen LogP contribution in [0.1, 0.15) is 11.1 Å². The van der Waals surface area contributed by atoms with E-state index in [1.54, 1.807) is 12.1 Å². The third kappa shape index (κ3) is 4.63. The van der Waals surface area contributed by atoms with E-state index in [0.29, 0.717) is 29.6 Å².